The number of rotatable bonds is 11. The molecule has 0 aromatic heterocycles. The van der Waals surface area contributed by atoms with Crippen molar-refractivity contribution < 1.29 is 14.6 Å². The highest BCUT2D eigenvalue weighted by molar-refractivity contribution is 5.51. The molecule has 2 aromatic carbocycles. The van der Waals surface area contributed by atoms with Gasteiger partial charge in [0.25, 0.3) is 0 Å². The Labute approximate surface area is 193 Å². The van der Waals surface area contributed by atoms with Gasteiger partial charge in [0.15, 0.2) is 0 Å². The van der Waals surface area contributed by atoms with Crippen LogP contribution in [0.15, 0.2) is 48.5 Å². The van der Waals surface area contributed by atoms with Crippen molar-refractivity contribution in [3.05, 3.63) is 65.2 Å². The molecular weight excluding hydrogens is 398 g/mol. The Balaban J connectivity index is 1.88. The van der Waals surface area contributed by atoms with E-state index in [1.807, 2.05) is 18.2 Å². The summed E-state index contributed by atoms with van der Waals surface area (Å²) in [6, 6.07) is 16.5. The number of unbranched alkanes of at least 4 members (excludes halogenated alkanes) is 3. The first-order chi connectivity index (χ1) is 15.4. The monoisotopic (exact) mass is 437 g/mol. The molecular formula is C28H39NO3. The second kappa shape index (κ2) is 11.5. The number of nitrogens with zero attached hydrogens (tertiary/aromatic N) is 1. The third-order valence-electron chi connectivity index (χ3n) is 6.80. The number of amides is 1. The zero-order chi connectivity index (χ0) is 23.0. The second-order valence-electron chi connectivity index (χ2n) is 9.76. The lowest BCUT2D eigenvalue weighted by atomic mass is 9.79. The summed E-state index contributed by atoms with van der Waals surface area (Å²) in [6.07, 6.45) is 7.82. The van der Waals surface area contributed by atoms with Gasteiger partial charge in [-0.25, -0.2) is 0 Å². The van der Waals surface area contributed by atoms with Gasteiger partial charge in [0.2, 0.25) is 6.41 Å². The normalized spacial score (nSPS) is 19.1. The summed E-state index contributed by atoms with van der Waals surface area (Å²) in [6.45, 7) is 7.89. The molecule has 1 heterocycles. The number of hydrogen-bond donors (Lipinski definition) is 1. The van der Waals surface area contributed by atoms with Crippen LogP contribution < -0.4 is 4.74 Å². The highest BCUT2D eigenvalue weighted by atomic mass is 16.5. The molecule has 32 heavy (non-hydrogen) atoms. The topological polar surface area (TPSA) is 49.8 Å². The fourth-order valence-corrected chi connectivity index (χ4v) is 4.63. The van der Waals surface area contributed by atoms with Gasteiger partial charge in [-0.05, 0) is 41.9 Å². The first-order valence-electron chi connectivity index (χ1n) is 12.1. The zero-order valence-corrected chi connectivity index (χ0v) is 19.9. The number of hydrogen-bond acceptors (Lipinski definition) is 3. The van der Waals surface area contributed by atoms with E-state index in [0.717, 1.165) is 29.7 Å². The van der Waals surface area contributed by atoms with Gasteiger partial charge >= 0.3 is 0 Å². The molecule has 1 saturated heterocycles. The molecule has 4 nitrogen and oxygen atoms in total. The fraction of sp³-hybridized carbons (Fsp3) is 0.536. The predicted octanol–water partition coefficient (Wildman–Crippen LogP) is 6.17. The third kappa shape index (κ3) is 6.35. The lowest BCUT2D eigenvalue weighted by Gasteiger charge is -2.37. The van der Waals surface area contributed by atoms with Gasteiger partial charge in [0.1, 0.15) is 12.4 Å². The largest absolute Gasteiger partial charge is 0.489 e. The molecule has 0 spiro atoms. The van der Waals surface area contributed by atoms with Gasteiger partial charge in [-0.2, -0.15) is 0 Å². The smallest absolute Gasteiger partial charge is 0.210 e. The van der Waals surface area contributed by atoms with E-state index < -0.39 is 6.10 Å². The number of carbonyl (C=O) groups excluding carboxylic acids is 1. The Morgan fingerprint density at radius 1 is 1.12 bits per heavy atom. The Morgan fingerprint density at radius 3 is 2.62 bits per heavy atom. The van der Waals surface area contributed by atoms with Gasteiger partial charge in [0, 0.05) is 12.1 Å². The molecule has 1 fully saturated rings. The van der Waals surface area contributed by atoms with Crippen LogP contribution in [0.1, 0.15) is 88.4 Å². The minimum Gasteiger partial charge on any atom is -0.489 e. The lowest BCUT2D eigenvalue weighted by Crippen LogP contribution is -2.38. The molecule has 0 saturated carbocycles. The van der Waals surface area contributed by atoms with Crippen LogP contribution in [-0.2, 0) is 16.8 Å². The summed E-state index contributed by atoms with van der Waals surface area (Å²) in [5.41, 5.74) is 3.40. The van der Waals surface area contributed by atoms with Crippen LogP contribution in [0, 0.1) is 0 Å². The predicted molar refractivity (Wildman–Crippen MR) is 130 cm³/mol. The molecule has 1 aliphatic heterocycles. The van der Waals surface area contributed by atoms with Crippen molar-refractivity contribution in [1.82, 2.24) is 4.90 Å². The number of ether oxygens (including phenoxy) is 1. The van der Waals surface area contributed by atoms with Crippen molar-refractivity contribution in [3.8, 4) is 5.75 Å². The number of likely N-dealkylation sites (tertiary alicyclic amines) is 1. The first kappa shape index (κ1) is 24.3. The Kier molecular flexibility index (Phi) is 8.75. The number of benzene rings is 2. The van der Waals surface area contributed by atoms with E-state index in [2.05, 4.69) is 51.1 Å². The molecule has 0 aliphatic carbocycles. The minimum atomic E-state index is -0.396. The summed E-state index contributed by atoms with van der Waals surface area (Å²) in [7, 11) is 0. The highest BCUT2D eigenvalue weighted by Gasteiger charge is 2.31. The number of aliphatic hydroxyl groups excluding tert-OH is 1. The zero-order valence-electron chi connectivity index (χ0n) is 19.9. The number of piperidine rings is 1. The van der Waals surface area contributed by atoms with Crippen LogP contribution in [0.4, 0.5) is 0 Å². The van der Waals surface area contributed by atoms with Crippen molar-refractivity contribution in [2.75, 3.05) is 6.54 Å². The summed E-state index contributed by atoms with van der Waals surface area (Å²) >= 11 is 0. The van der Waals surface area contributed by atoms with Crippen molar-refractivity contribution in [3.63, 3.8) is 0 Å². The van der Waals surface area contributed by atoms with E-state index >= 15 is 0 Å². The standard InChI is InChI=1S/C28H39NO3/c1-4-5-6-10-16-28(2,3)23-13-14-25(26-19-24(31)15-17-29(26)21-30)27(18-23)32-20-22-11-8-7-9-12-22/h7-9,11-14,18,21,24,26,31H,4-6,10,15-17,19-20H2,1-3H3/t24-,26+/m0/s1. The van der Waals surface area contributed by atoms with Gasteiger partial charge in [0.05, 0.1) is 12.1 Å². The van der Waals surface area contributed by atoms with E-state index in [4.69, 9.17) is 4.74 Å². The Bertz CT molecular complexity index is 849. The SMILES string of the molecule is CCCCCCC(C)(C)c1ccc([C@H]2C[C@@H](O)CCN2C=O)c(OCc2ccccc2)c1. The molecule has 4 heteroatoms. The van der Waals surface area contributed by atoms with Crippen molar-refractivity contribution in [1.29, 1.82) is 0 Å². The molecule has 1 amide bonds. The summed E-state index contributed by atoms with van der Waals surface area (Å²) in [5.74, 6) is 0.818. The number of aliphatic hydroxyl groups is 1. The van der Waals surface area contributed by atoms with E-state index in [1.165, 1.54) is 31.2 Å². The molecule has 0 bridgehead atoms. The number of carbonyl (C=O) groups is 1. The molecule has 2 atom stereocenters. The average molecular weight is 438 g/mol. The van der Waals surface area contributed by atoms with Crippen LogP contribution in [0.5, 0.6) is 5.75 Å². The third-order valence-corrected chi connectivity index (χ3v) is 6.80. The van der Waals surface area contributed by atoms with Crippen molar-refractivity contribution in [2.24, 2.45) is 0 Å². The molecule has 1 N–H and O–H groups in total. The summed E-state index contributed by atoms with van der Waals surface area (Å²) < 4.78 is 6.36. The van der Waals surface area contributed by atoms with Crippen molar-refractivity contribution in [2.45, 2.75) is 89.9 Å². The van der Waals surface area contributed by atoms with Crippen LogP contribution in [0.2, 0.25) is 0 Å². The van der Waals surface area contributed by atoms with Crippen LogP contribution in [-0.4, -0.2) is 29.1 Å². The first-order valence-corrected chi connectivity index (χ1v) is 12.1. The molecule has 1 aliphatic rings. The lowest BCUT2D eigenvalue weighted by molar-refractivity contribution is -0.123. The van der Waals surface area contributed by atoms with Crippen LogP contribution in [0.3, 0.4) is 0 Å². The maximum atomic E-state index is 11.7. The Morgan fingerprint density at radius 2 is 1.91 bits per heavy atom. The van der Waals surface area contributed by atoms with E-state index in [-0.39, 0.29) is 11.5 Å². The fourth-order valence-electron chi connectivity index (χ4n) is 4.63. The van der Waals surface area contributed by atoms with Gasteiger partial charge < -0.3 is 14.7 Å². The molecule has 0 radical (unpaired) electrons. The van der Waals surface area contributed by atoms with Gasteiger partial charge in [-0.1, -0.05) is 88.9 Å². The van der Waals surface area contributed by atoms with Crippen LogP contribution >= 0.6 is 0 Å². The molecule has 3 rings (SSSR count). The van der Waals surface area contributed by atoms with Gasteiger partial charge in [-0.3, -0.25) is 4.79 Å². The maximum Gasteiger partial charge on any atom is 0.210 e. The highest BCUT2D eigenvalue weighted by Crippen LogP contribution is 2.39. The average Bonchev–Trinajstić information content (AvgIpc) is 2.81. The van der Waals surface area contributed by atoms with E-state index in [1.54, 1.807) is 4.90 Å². The van der Waals surface area contributed by atoms with Crippen LogP contribution in [0.25, 0.3) is 0 Å². The summed E-state index contributed by atoms with van der Waals surface area (Å²) in [4.78, 5) is 13.5. The quantitative estimate of drug-likeness (QED) is 0.338. The molecule has 2 aromatic rings. The Hall–Kier alpha value is -2.33. The maximum absolute atomic E-state index is 11.7. The molecule has 174 valence electrons. The van der Waals surface area contributed by atoms with E-state index in [0.29, 0.717) is 26.0 Å². The second-order valence-corrected chi connectivity index (χ2v) is 9.76. The molecule has 0 unspecified atom stereocenters. The van der Waals surface area contributed by atoms with E-state index in [9.17, 15) is 9.90 Å². The van der Waals surface area contributed by atoms with Crippen molar-refractivity contribution >= 4 is 6.41 Å². The van der Waals surface area contributed by atoms with Gasteiger partial charge in [-0.15, -0.1) is 0 Å². The summed E-state index contributed by atoms with van der Waals surface area (Å²) in [5, 5.41) is 10.3. The minimum absolute atomic E-state index is 0.0492.